The van der Waals surface area contributed by atoms with Gasteiger partial charge in [0.05, 0.1) is 5.60 Å². The standard InChI is InChI=1S/C13H29NO/c1-6-8-9-10-12(14-7-2)11-13(3,4)15-5/h12,14H,6-11H2,1-5H3. The molecular weight excluding hydrogens is 186 g/mol. The summed E-state index contributed by atoms with van der Waals surface area (Å²) in [5.74, 6) is 0. The minimum absolute atomic E-state index is 0.000941. The Kier molecular flexibility index (Phi) is 8.07. The van der Waals surface area contributed by atoms with Gasteiger partial charge in [0.15, 0.2) is 0 Å². The zero-order valence-electron chi connectivity index (χ0n) is 11.2. The third kappa shape index (κ3) is 7.80. The molecule has 2 heteroatoms. The first kappa shape index (κ1) is 14.9. The summed E-state index contributed by atoms with van der Waals surface area (Å²) in [5, 5.41) is 3.55. The van der Waals surface area contributed by atoms with Crippen LogP contribution in [0.5, 0.6) is 0 Å². The molecule has 0 fully saturated rings. The lowest BCUT2D eigenvalue weighted by molar-refractivity contribution is 0.00634. The van der Waals surface area contributed by atoms with Crippen LogP contribution in [0, 0.1) is 0 Å². The molecule has 0 aliphatic rings. The maximum absolute atomic E-state index is 5.48. The fourth-order valence-electron chi connectivity index (χ4n) is 1.88. The van der Waals surface area contributed by atoms with Crippen LogP contribution >= 0.6 is 0 Å². The molecule has 0 aromatic rings. The predicted molar refractivity (Wildman–Crippen MR) is 67.3 cm³/mol. The maximum Gasteiger partial charge on any atom is 0.0637 e. The second kappa shape index (κ2) is 8.12. The molecule has 0 aliphatic carbocycles. The van der Waals surface area contributed by atoms with Crippen molar-refractivity contribution in [2.45, 2.75) is 71.4 Å². The second-order valence-corrected chi connectivity index (χ2v) is 4.92. The minimum atomic E-state index is -0.000941. The smallest absolute Gasteiger partial charge is 0.0637 e. The molecule has 0 rings (SSSR count). The average molecular weight is 215 g/mol. The van der Waals surface area contributed by atoms with E-state index in [0.717, 1.165) is 13.0 Å². The number of hydrogen-bond donors (Lipinski definition) is 1. The number of ether oxygens (including phenoxy) is 1. The molecule has 0 bridgehead atoms. The van der Waals surface area contributed by atoms with Crippen molar-refractivity contribution in [3.05, 3.63) is 0 Å². The first-order valence-electron chi connectivity index (χ1n) is 6.34. The lowest BCUT2D eigenvalue weighted by Gasteiger charge is -2.29. The third-order valence-corrected chi connectivity index (χ3v) is 2.94. The normalized spacial score (nSPS) is 14.2. The predicted octanol–water partition coefficient (Wildman–Crippen LogP) is 3.36. The van der Waals surface area contributed by atoms with Gasteiger partial charge in [0.1, 0.15) is 0 Å². The Balaban J connectivity index is 3.91. The van der Waals surface area contributed by atoms with E-state index >= 15 is 0 Å². The molecule has 0 aromatic carbocycles. The van der Waals surface area contributed by atoms with Gasteiger partial charge in [-0.25, -0.2) is 0 Å². The quantitative estimate of drug-likeness (QED) is 0.595. The topological polar surface area (TPSA) is 21.3 Å². The van der Waals surface area contributed by atoms with Crippen LogP contribution in [0.15, 0.2) is 0 Å². The van der Waals surface area contributed by atoms with Crippen LogP contribution < -0.4 is 5.32 Å². The molecule has 92 valence electrons. The van der Waals surface area contributed by atoms with Gasteiger partial charge in [0, 0.05) is 13.2 Å². The first-order chi connectivity index (χ1) is 7.05. The van der Waals surface area contributed by atoms with Gasteiger partial charge in [-0.05, 0) is 33.2 Å². The van der Waals surface area contributed by atoms with Gasteiger partial charge in [0.2, 0.25) is 0 Å². The summed E-state index contributed by atoms with van der Waals surface area (Å²) in [6.07, 6.45) is 6.34. The molecule has 0 aromatic heterocycles. The molecule has 2 nitrogen and oxygen atoms in total. The summed E-state index contributed by atoms with van der Waals surface area (Å²) >= 11 is 0. The SMILES string of the molecule is CCCCCC(CC(C)(C)OC)NCC. The number of unbranched alkanes of at least 4 members (excludes halogenated alkanes) is 2. The fourth-order valence-corrected chi connectivity index (χ4v) is 1.88. The van der Waals surface area contributed by atoms with Crippen LogP contribution in [-0.4, -0.2) is 25.3 Å². The van der Waals surface area contributed by atoms with Crippen LogP contribution in [-0.2, 0) is 4.74 Å². The van der Waals surface area contributed by atoms with Gasteiger partial charge in [0.25, 0.3) is 0 Å². The molecule has 1 unspecified atom stereocenters. The zero-order valence-corrected chi connectivity index (χ0v) is 11.2. The zero-order chi connectivity index (χ0) is 11.7. The molecule has 0 heterocycles. The van der Waals surface area contributed by atoms with Gasteiger partial charge in [-0.15, -0.1) is 0 Å². The largest absolute Gasteiger partial charge is 0.379 e. The highest BCUT2D eigenvalue weighted by Gasteiger charge is 2.21. The fraction of sp³-hybridized carbons (Fsp3) is 1.00. The number of nitrogens with one attached hydrogen (secondary N) is 1. The molecule has 0 aliphatic heterocycles. The Bertz CT molecular complexity index is 145. The van der Waals surface area contributed by atoms with Gasteiger partial charge in [-0.2, -0.15) is 0 Å². The molecule has 0 radical (unpaired) electrons. The van der Waals surface area contributed by atoms with Crippen molar-refractivity contribution in [1.29, 1.82) is 0 Å². The van der Waals surface area contributed by atoms with Crippen LogP contribution in [0.2, 0.25) is 0 Å². The molecule has 0 amide bonds. The van der Waals surface area contributed by atoms with Crippen molar-refractivity contribution in [3.63, 3.8) is 0 Å². The van der Waals surface area contributed by atoms with Gasteiger partial charge in [-0.1, -0.05) is 33.1 Å². The summed E-state index contributed by atoms with van der Waals surface area (Å²) in [6, 6.07) is 0.608. The molecule has 0 spiro atoms. The molecular formula is C13H29NO. The lowest BCUT2D eigenvalue weighted by atomic mass is 9.95. The molecule has 1 atom stereocenters. The molecule has 0 saturated heterocycles. The Morgan fingerprint density at radius 2 is 1.87 bits per heavy atom. The molecule has 0 saturated carbocycles. The van der Waals surface area contributed by atoms with Crippen molar-refractivity contribution in [2.24, 2.45) is 0 Å². The van der Waals surface area contributed by atoms with Crippen LogP contribution in [0.25, 0.3) is 0 Å². The van der Waals surface area contributed by atoms with E-state index in [9.17, 15) is 0 Å². The Labute approximate surface area is 95.8 Å². The average Bonchev–Trinajstić information content (AvgIpc) is 2.18. The van der Waals surface area contributed by atoms with E-state index in [4.69, 9.17) is 4.74 Å². The number of rotatable bonds is 9. The van der Waals surface area contributed by atoms with E-state index in [1.807, 2.05) is 0 Å². The van der Waals surface area contributed by atoms with Crippen LogP contribution in [0.1, 0.15) is 59.8 Å². The highest BCUT2D eigenvalue weighted by Crippen LogP contribution is 2.18. The van der Waals surface area contributed by atoms with Gasteiger partial charge < -0.3 is 10.1 Å². The summed E-state index contributed by atoms with van der Waals surface area (Å²) in [6.45, 7) is 9.80. The van der Waals surface area contributed by atoms with E-state index in [2.05, 4.69) is 33.0 Å². The van der Waals surface area contributed by atoms with Crippen molar-refractivity contribution >= 4 is 0 Å². The van der Waals surface area contributed by atoms with Crippen molar-refractivity contribution < 1.29 is 4.74 Å². The van der Waals surface area contributed by atoms with E-state index in [1.54, 1.807) is 7.11 Å². The first-order valence-corrected chi connectivity index (χ1v) is 6.34. The summed E-state index contributed by atoms with van der Waals surface area (Å²) in [7, 11) is 1.80. The van der Waals surface area contributed by atoms with E-state index in [-0.39, 0.29) is 5.60 Å². The Hall–Kier alpha value is -0.0800. The van der Waals surface area contributed by atoms with Crippen LogP contribution in [0.3, 0.4) is 0 Å². The second-order valence-electron chi connectivity index (χ2n) is 4.92. The minimum Gasteiger partial charge on any atom is -0.379 e. The molecule has 1 N–H and O–H groups in total. The summed E-state index contributed by atoms with van der Waals surface area (Å²) < 4.78 is 5.48. The van der Waals surface area contributed by atoms with E-state index in [1.165, 1.54) is 25.7 Å². The van der Waals surface area contributed by atoms with E-state index in [0.29, 0.717) is 6.04 Å². The summed E-state index contributed by atoms with van der Waals surface area (Å²) in [5.41, 5.74) is -0.000941. The van der Waals surface area contributed by atoms with Crippen molar-refractivity contribution in [3.8, 4) is 0 Å². The maximum atomic E-state index is 5.48. The van der Waals surface area contributed by atoms with Crippen molar-refractivity contribution in [1.82, 2.24) is 5.32 Å². The summed E-state index contributed by atoms with van der Waals surface area (Å²) in [4.78, 5) is 0. The lowest BCUT2D eigenvalue weighted by Crippen LogP contribution is -2.37. The van der Waals surface area contributed by atoms with E-state index < -0.39 is 0 Å². The van der Waals surface area contributed by atoms with Gasteiger partial charge in [-0.3, -0.25) is 0 Å². The number of hydrogen-bond acceptors (Lipinski definition) is 2. The van der Waals surface area contributed by atoms with Crippen molar-refractivity contribution in [2.75, 3.05) is 13.7 Å². The Morgan fingerprint density at radius 1 is 1.20 bits per heavy atom. The highest BCUT2D eigenvalue weighted by atomic mass is 16.5. The highest BCUT2D eigenvalue weighted by molar-refractivity contribution is 4.78. The van der Waals surface area contributed by atoms with Gasteiger partial charge >= 0.3 is 0 Å². The number of methoxy groups -OCH3 is 1. The monoisotopic (exact) mass is 215 g/mol. The molecule has 15 heavy (non-hydrogen) atoms. The Morgan fingerprint density at radius 3 is 2.33 bits per heavy atom. The van der Waals surface area contributed by atoms with Crippen LogP contribution in [0.4, 0.5) is 0 Å². The third-order valence-electron chi connectivity index (χ3n) is 2.94.